The molecule has 1 saturated heterocycles. The highest BCUT2D eigenvalue weighted by Crippen LogP contribution is 2.47. The Balaban J connectivity index is 1.79. The van der Waals surface area contributed by atoms with Crippen LogP contribution >= 0.6 is 0 Å². The molecule has 2 aliphatic rings. The first-order valence-electron chi connectivity index (χ1n) is 5.15. The van der Waals surface area contributed by atoms with Crippen LogP contribution in [0.3, 0.4) is 0 Å². The van der Waals surface area contributed by atoms with Crippen molar-refractivity contribution >= 4 is 0 Å². The fraction of sp³-hybridized carbons (Fsp3) is 1.00. The van der Waals surface area contributed by atoms with E-state index in [9.17, 15) is 0 Å². The number of ether oxygens (including phenoxy) is 1. The van der Waals surface area contributed by atoms with Gasteiger partial charge in [-0.15, -0.1) is 0 Å². The van der Waals surface area contributed by atoms with Crippen LogP contribution in [0.1, 0.15) is 39.0 Å². The summed E-state index contributed by atoms with van der Waals surface area (Å²) in [5.74, 6) is 0.779. The lowest BCUT2D eigenvalue weighted by Crippen LogP contribution is -2.30. The van der Waals surface area contributed by atoms with Crippen molar-refractivity contribution in [3.63, 3.8) is 0 Å². The van der Waals surface area contributed by atoms with Crippen LogP contribution in [-0.4, -0.2) is 18.2 Å². The van der Waals surface area contributed by atoms with Crippen molar-refractivity contribution in [1.82, 2.24) is 0 Å². The number of hydrogen-bond donors (Lipinski definition) is 1. The molecule has 3 atom stereocenters. The minimum Gasteiger partial charge on any atom is -0.378 e. The molecule has 1 aliphatic carbocycles. The van der Waals surface area contributed by atoms with E-state index in [1.807, 2.05) is 0 Å². The Hall–Kier alpha value is -0.0800. The lowest BCUT2D eigenvalue weighted by atomic mass is 10.0. The van der Waals surface area contributed by atoms with Crippen molar-refractivity contribution in [3.05, 3.63) is 0 Å². The third-order valence-electron chi connectivity index (χ3n) is 3.40. The molecule has 1 saturated carbocycles. The standard InChI is InChI=1S/C10H19NO/c1-2-8-6-10(8,11)7-9-4-3-5-12-9/h8-9H,2-7,11H2,1H3. The van der Waals surface area contributed by atoms with E-state index in [0.717, 1.165) is 18.9 Å². The van der Waals surface area contributed by atoms with E-state index in [4.69, 9.17) is 10.5 Å². The van der Waals surface area contributed by atoms with E-state index in [2.05, 4.69) is 6.92 Å². The van der Waals surface area contributed by atoms with Gasteiger partial charge in [-0.25, -0.2) is 0 Å². The molecule has 2 nitrogen and oxygen atoms in total. The van der Waals surface area contributed by atoms with Crippen LogP contribution in [0.5, 0.6) is 0 Å². The van der Waals surface area contributed by atoms with Crippen molar-refractivity contribution in [2.24, 2.45) is 11.7 Å². The second-order valence-corrected chi connectivity index (χ2v) is 4.38. The molecule has 70 valence electrons. The molecule has 2 N–H and O–H groups in total. The third kappa shape index (κ3) is 1.50. The van der Waals surface area contributed by atoms with Gasteiger partial charge in [0, 0.05) is 12.1 Å². The van der Waals surface area contributed by atoms with Crippen molar-refractivity contribution in [2.75, 3.05) is 6.61 Å². The predicted octanol–water partition coefficient (Wildman–Crippen LogP) is 1.68. The second kappa shape index (κ2) is 3.00. The molecule has 0 amide bonds. The van der Waals surface area contributed by atoms with Crippen molar-refractivity contribution in [2.45, 2.75) is 50.7 Å². The summed E-state index contributed by atoms with van der Waals surface area (Å²) in [5.41, 5.74) is 6.36. The normalized spacial score (nSPS) is 46.5. The zero-order chi connectivity index (χ0) is 8.60. The second-order valence-electron chi connectivity index (χ2n) is 4.38. The number of rotatable bonds is 3. The Labute approximate surface area is 74.5 Å². The summed E-state index contributed by atoms with van der Waals surface area (Å²) in [7, 11) is 0. The Morgan fingerprint density at radius 2 is 2.42 bits per heavy atom. The van der Waals surface area contributed by atoms with E-state index < -0.39 is 0 Å². The Bertz CT molecular complexity index is 165. The van der Waals surface area contributed by atoms with Gasteiger partial charge in [0.1, 0.15) is 0 Å². The molecular weight excluding hydrogens is 150 g/mol. The zero-order valence-corrected chi connectivity index (χ0v) is 7.88. The average molecular weight is 169 g/mol. The van der Waals surface area contributed by atoms with Gasteiger partial charge in [-0.2, -0.15) is 0 Å². The van der Waals surface area contributed by atoms with Gasteiger partial charge in [-0.1, -0.05) is 13.3 Å². The van der Waals surface area contributed by atoms with Gasteiger partial charge in [0.15, 0.2) is 0 Å². The first-order valence-corrected chi connectivity index (χ1v) is 5.15. The van der Waals surface area contributed by atoms with E-state index in [-0.39, 0.29) is 5.54 Å². The maximum absolute atomic E-state index is 6.20. The molecule has 0 aromatic carbocycles. The van der Waals surface area contributed by atoms with Crippen molar-refractivity contribution < 1.29 is 4.74 Å². The summed E-state index contributed by atoms with van der Waals surface area (Å²) in [4.78, 5) is 0. The summed E-state index contributed by atoms with van der Waals surface area (Å²) in [6.07, 6.45) is 6.51. The smallest absolute Gasteiger partial charge is 0.0593 e. The van der Waals surface area contributed by atoms with Crippen LogP contribution in [-0.2, 0) is 4.74 Å². The van der Waals surface area contributed by atoms with E-state index in [0.29, 0.717) is 6.10 Å². The number of nitrogens with two attached hydrogens (primary N) is 1. The van der Waals surface area contributed by atoms with Gasteiger partial charge in [0.25, 0.3) is 0 Å². The third-order valence-corrected chi connectivity index (χ3v) is 3.40. The molecule has 3 unspecified atom stereocenters. The molecule has 0 radical (unpaired) electrons. The van der Waals surface area contributed by atoms with Gasteiger partial charge in [0.05, 0.1) is 6.10 Å². The molecule has 0 aromatic heterocycles. The monoisotopic (exact) mass is 169 g/mol. The SMILES string of the molecule is CCC1CC1(N)CC1CCCO1. The number of hydrogen-bond acceptors (Lipinski definition) is 2. The molecule has 2 fully saturated rings. The minimum absolute atomic E-state index is 0.157. The molecule has 12 heavy (non-hydrogen) atoms. The van der Waals surface area contributed by atoms with E-state index in [1.54, 1.807) is 0 Å². The Morgan fingerprint density at radius 1 is 1.58 bits per heavy atom. The fourth-order valence-electron chi connectivity index (χ4n) is 2.43. The highest BCUT2D eigenvalue weighted by molar-refractivity contribution is 5.08. The van der Waals surface area contributed by atoms with Crippen molar-refractivity contribution in [3.8, 4) is 0 Å². The first-order chi connectivity index (χ1) is 5.74. The quantitative estimate of drug-likeness (QED) is 0.697. The van der Waals surface area contributed by atoms with Crippen LogP contribution in [0.15, 0.2) is 0 Å². The van der Waals surface area contributed by atoms with Crippen LogP contribution in [0.25, 0.3) is 0 Å². The highest BCUT2D eigenvalue weighted by atomic mass is 16.5. The average Bonchev–Trinajstić information content (AvgIpc) is 2.48. The summed E-state index contributed by atoms with van der Waals surface area (Å²) >= 11 is 0. The molecule has 2 heteroatoms. The minimum atomic E-state index is 0.157. The fourth-order valence-corrected chi connectivity index (χ4v) is 2.43. The molecule has 1 heterocycles. The van der Waals surface area contributed by atoms with Gasteiger partial charge in [-0.3, -0.25) is 0 Å². The first kappa shape index (κ1) is 8.52. The maximum atomic E-state index is 6.20. The summed E-state index contributed by atoms with van der Waals surface area (Å²) in [5, 5.41) is 0. The lowest BCUT2D eigenvalue weighted by Gasteiger charge is -2.15. The zero-order valence-electron chi connectivity index (χ0n) is 7.88. The van der Waals surface area contributed by atoms with Crippen LogP contribution < -0.4 is 5.73 Å². The van der Waals surface area contributed by atoms with Gasteiger partial charge >= 0.3 is 0 Å². The van der Waals surface area contributed by atoms with Crippen molar-refractivity contribution in [1.29, 1.82) is 0 Å². The predicted molar refractivity (Wildman–Crippen MR) is 48.9 cm³/mol. The largest absolute Gasteiger partial charge is 0.378 e. The van der Waals surface area contributed by atoms with Crippen LogP contribution in [0.2, 0.25) is 0 Å². The summed E-state index contributed by atoms with van der Waals surface area (Å²) in [6, 6.07) is 0. The van der Waals surface area contributed by atoms with Crippen LogP contribution in [0.4, 0.5) is 0 Å². The Morgan fingerprint density at radius 3 is 2.92 bits per heavy atom. The van der Waals surface area contributed by atoms with Gasteiger partial charge < -0.3 is 10.5 Å². The molecule has 2 rings (SSSR count). The van der Waals surface area contributed by atoms with E-state index in [1.165, 1.54) is 25.7 Å². The molecular formula is C10H19NO. The molecule has 0 bridgehead atoms. The lowest BCUT2D eigenvalue weighted by molar-refractivity contribution is 0.0943. The molecule has 1 aliphatic heterocycles. The summed E-state index contributed by atoms with van der Waals surface area (Å²) in [6.45, 7) is 3.19. The summed E-state index contributed by atoms with van der Waals surface area (Å²) < 4.78 is 5.58. The van der Waals surface area contributed by atoms with E-state index >= 15 is 0 Å². The maximum Gasteiger partial charge on any atom is 0.0593 e. The Kier molecular flexibility index (Phi) is 2.13. The molecule has 0 aromatic rings. The van der Waals surface area contributed by atoms with Gasteiger partial charge in [-0.05, 0) is 31.6 Å². The highest BCUT2D eigenvalue weighted by Gasteiger charge is 2.50. The molecule has 0 spiro atoms. The van der Waals surface area contributed by atoms with Crippen LogP contribution in [0, 0.1) is 5.92 Å². The topological polar surface area (TPSA) is 35.2 Å². The van der Waals surface area contributed by atoms with Gasteiger partial charge in [0.2, 0.25) is 0 Å².